The molecule has 0 aliphatic heterocycles. The summed E-state index contributed by atoms with van der Waals surface area (Å²) in [5.74, 6) is -0.608. The highest BCUT2D eigenvalue weighted by atomic mass is 16.4. The first-order chi connectivity index (χ1) is 13.1. The Morgan fingerprint density at radius 1 is 0.778 bits per heavy atom. The molecule has 2 N–H and O–H groups in total. The topological polar surface area (TPSA) is 57.5 Å². The molecule has 0 aromatic heterocycles. The fourth-order valence-electron chi connectivity index (χ4n) is 3.27. The minimum absolute atomic E-state index is 0.0118. The predicted molar refractivity (Wildman–Crippen MR) is 109 cm³/mol. The largest absolute Gasteiger partial charge is 0.508 e. The molecular weight excluding hydrogens is 336 g/mol. The molecule has 3 rings (SSSR count). The van der Waals surface area contributed by atoms with Crippen molar-refractivity contribution < 1.29 is 15.0 Å². The molecule has 136 valence electrons. The molecule has 0 spiro atoms. The van der Waals surface area contributed by atoms with Crippen molar-refractivity contribution in [3.05, 3.63) is 101 Å². The Morgan fingerprint density at radius 2 is 1.33 bits per heavy atom. The van der Waals surface area contributed by atoms with Crippen LogP contribution in [0.5, 0.6) is 5.75 Å². The Hall–Kier alpha value is -3.33. The lowest BCUT2D eigenvalue weighted by Crippen LogP contribution is -2.00. The van der Waals surface area contributed by atoms with Gasteiger partial charge in [-0.25, -0.2) is 0 Å². The molecule has 3 heteroatoms. The second-order valence-corrected chi connectivity index (χ2v) is 6.39. The van der Waals surface area contributed by atoms with E-state index in [1.165, 1.54) is 5.57 Å². The average Bonchev–Trinajstić information content (AvgIpc) is 2.68. The van der Waals surface area contributed by atoms with E-state index in [4.69, 9.17) is 5.11 Å². The minimum Gasteiger partial charge on any atom is -0.508 e. The van der Waals surface area contributed by atoms with Crippen LogP contribution < -0.4 is 0 Å². The van der Waals surface area contributed by atoms with Crippen LogP contribution in [0, 0.1) is 0 Å². The van der Waals surface area contributed by atoms with Gasteiger partial charge in [0.1, 0.15) is 5.75 Å². The molecule has 27 heavy (non-hydrogen) atoms. The first-order valence-electron chi connectivity index (χ1n) is 8.97. The number of aromatic hydroxyl groups is 1. The summed E-state index contributed by atoms with van der Waals surface area (Å²) in [6, 6.07) is 25.1. The number of phenols is 1. The Balaban J connectivity index is 2.17. The van der Waals surface area contributed by atoms with E-state index in [2.05, 4.69) is 19.1 Å². The molecule has 0 unspecified atom stereocenters. The van der Waals surface area contributed by atoms with Gasteiger partial charge in [0, 0.05) is 0 Å². The Labute approximate surface area is 159 Å². The minimum atomic E-state index is -0.837. The van der Waals surface area contributed by atoms with Crippen molar-refractivity contribution in [2.24, 2.45) is 0 Å². The number of aliphatic carboxylic acids is 1. The maximum absolute atomic E-state index is 10.9. The van der Waals surface area contributed by atoms with Crippen LogP contribution in [0.15, 0.2) is 78.9 Å². The Bertz CT molecular complexity index is 937. The van der Waals surface area contributed by atoms with Gasteiger partial charge in [0.15, 0.2) is 0 Å². The highest BCUT2D eigenvalue weighted by Crippen LogP contribution is 2.35. The fourth-order valence-corrected chi connectivity index (χ4v) is 3.27. The average molecular weight is 358 g/mol. The second kappa shape index (κ2) is 8.37. The van der Waals surface area contributed by atoms with E-state index in [1.54, 1.807) is 12.1 Å². The van der Waals surface area contributed by atoms with Crippen molar-refractivity contribution in [3.8, 4) is 5.75 Å². The molecule has 3 nitrogen and oxygen atoms in total. The van der Waals surface area contributed by atoms with E-state index in [0.29, 0.717) is 0 Å². The summed E-state index contributed by atoms with van der Waals surface area (Å²) in [5.41, 5.74) is 6.25. The van der Waals surface area contributed by atoms with Gasteiger partial charge in [-0.3, -0.25) is 4.79 Å². The van der Waals surface area contributed by atoms with Gasteiger partial charge in [-0.05, 0) is 52.0 Å². The standard InChI is InChI=1S/C24H22O3/c1-2-22(18-6-4-3-5-7-18)24(20-12-14-21(25)15-13-20)19-10-8-17(9-11-19)16-23(26)27/h3-15,25H,2,16H2,1H3,(H,26,27). The molecule has 0 heterocycles. The molecule has 0 aliphatic rings. The monoisotopic (exact) mass is 358 g/mol. The van der Waals surface area contributed by atoms with Crippen molar-refractivity contribution in [1.29, 1.82) is 0 Å². The van der Waals surface area contributed by atoms with E-state index in [-0.39, 0.29) is 12.2 Å². The number of carboxylic acids is 1. The summed E-state index contributed by atoms with van der Waals surface area (Å²) < 4.78 is 0. The summed E-state index contributed by atoms with van der Waals surface area (Å²) in [7, 11) is 0. The van der Waals surface area contributed by atoms with E-state index in [9.17, 15) is 9.90 Å². The quantitative estimate of drug-likeness (QED) is 0.581. The first kappa shape index (κ1) is 18.5. The van der Waals surface area contributed by atoms with Crippen LogP contribution in [-0.2, 0) is 11.2 Å². The van der Waals surface area contributed by atoms with E-state index in [1.807, 2.05) is 54.6 Å². The number of phenolic OH excluding ortho intramolecular Hbond substituents is 1. The van der Waals surface area contributed by atoms with Gasteiger partial charge >= 0.3 is 5.97 Å². The van der Waals surface area contributed by atoms with E-state index >= 15 is 0 Å². The molecule has 0 bridgehead atoms. The van der Waals surface area contributed by atoms with Crippen molar-refractivity contribution >= 4 is 17.1 Å². The lowest BCUT2D eigenvalue weighted by Gasteiger charge is -2.16. The number of carboxylic acid groups (broad SMARTS) is 1. The summed E-state index contributed by atoms with van der Waals surface area (Å²) >= 11 is 0. The smallest absolute Gasteiger partial charge is 0.307 e. The normalized spacial score (nSPS) is 11.7. The molecule has 0 radical (unpaired) electrons. The predicted octanol–water partition coefficient (Wildman–Crippen LogP) is 5.39. The van der Waals surface area contributed by atoms with Crippen LogP contribution in [0.4, 0.5) is 0 Å². The molecule has 0 aliphatic carbocycles. The number of rotatable bonds is 6. The first-order valence-corrected chi connectivity index (χ1v) is 8.97. The van der Waals surface area contributed by atoms with Gasteiger partial charge in [-0.1, -0.05) is 73.7 Å². The number of hydrogen-bond donors (Lipinski definition) is 2. The van der Waals surface area contributed by atoms with Gasteiger partial charge in [0.25, 0.3) is 0 Å². The lowest BCUT2D eigenvalue weighted by atomic mass is 9.88. The zero-order valence-electron chi connectivity index (χ0n) is 15.2. The van der Waals surface area contributed by atoms with Crippen molar-refractivity contribution in [1.82, 2.24) is 0 Å². The molecule has 0 amide bonds. The number of hydrogen-bond acceptors (Lipinski definition) is 2. The molecule has 0 fully saturated rings. The molecule has 0 atom stereocenters. The van der Waals surface area contributed by atoms with Gasteiger partial charge in [-0.2, -0.15) is 0 Å². The molecule has 3 aromatic carbocycles. The second-order valence-electron chi connectivity index (χ2n) is 6.39. The number of benzene rings is 3. The fraction of sp³-hybridized carbons (Fsp3) is 0.125. The van der Waals surface area contributed by atoms with E-state index < -0.39 is 5.97 Å². The van der Waals surface area contributed by atoms with Crippen molar-refractivity contribution in [2.75, 3.05) is 0 Å². The molecule has 3 aromatic rings. The highest BCUT2D eigenvalue weighted by Gasteiger charge is 2.13. The van der Waals surface area contributed by atoms with Gasteiger partial charge in [-0.15, -0.1) is 0 Å². The Morgan fingerprint density at radius 3 is 1.85 bits per heavy atom. The zero-order valence-corrected chi connectivity index (χ0v) is 15.2. The molecule has 0 saturated heterocycles. The summed E-state index contributed by atoms with van der Waals surface area (Å²) in [5, 5.41) is 18.7. The van der Waals surface area contributed by atoms with Gasteiger partial charge in [0.05, 0.1) is 6.42 Å². The van der Waals surface area contributed by atoms with Crippen molar-refractivity contribution in [2.45, 2.75) is 19.8 Å². The summed E-state index contributed by atoms with van der Waals surface area (Å²) in [6.45, 7) is 2.13. The van der Waals surface area contributed by atoms with Crippen LogP contribution in [0.25, 0.3) is 11.1 Å². The highest BCUT2D eigenvalue weighted by molar-refractivity contribution is 5.98. The lowest BCUT2D eigenvalue weighted by molar-refractivity contribution is -0.136. The van der Waals surface area contributed by atoms with Gasteiger partial charge in [0.2, 0.25) is 0 Å². The maximum atomic E-state index is 10.9. The van der Waals surface area contributed by atoms with E-state index in [0.717, 1.165) is 34.2 Å². The maximum Gasteiger partial charge on any atom is 0.307 e. The number of allylic oxidation sites excluding steroid dienone is 1. The van der Waals surface area contributed by atoms with Gasteiger partial charge < -0.3 is 10.2 Å². The van der Waals surface area contributed by atoms with Crippen LogP contribution in [0.3, 0.4) is 0 Å². The van der Waals surface area contributed by atoms with Crippen LogP contribution in [0.2, 0.25) is 0 Å². The molecular formula is C24H22O3. The molecule has 0 saturated carbocycles. The SMILES string of the molecule is CCC(=C(c1ccc(O)cc1)c1ccc(CC(=O)O)cc1)c1ccccc1. The van der Waals surface area contributed by atoms with Crippen LogP contribution >= 0.6 is 0 Å². The van der Waals surface area contributed by atoms with Crippen LogP contribution in [0.1, 0.15) is 35.6 Å². The Kier molecular flexibility index (Phi) is 5.72. The third-order valence-electron chi connectivity index (χ3n) is 4.53. The third-order valence-corrected chi connectivity index (χ3v) is 4.53. The summed E-state index contributed by atoms with van der Waals surface area (Å²) in [6.07, 6.45) is 0.856. The number of carbonyl (C=O) groups is 1. The zero-order chi connectivity index (χ0) is 19.2. The summed E-state index contributed by atoms with van der Waals surface area (Å²) in [4.78, 5) is 10.9. The van der Waals surface area contributed by atoms with Crippen LogP contribution in [-0.4, -0.2) is 16.2 Å². The third kappa shape index (κ3) is 4.45. The van der Waals surface area contributed by atoms with Crippen molar-refractivity contribution in [3.63, 3.8) is 0 Å².